The molecule has 1 rings (SSSR count). The van der Waals surface area contributed by atoms with Gasteiger partial charge in [-0.05, 0) is 13.8 Å². The monoisotopic (exact) mass is 273 g/mol. The molecule has 0 aliphatic carbocycles. The van der Waals surface area contributed by atoms with Gasteiger partial charge in [-0.25, -0.2) is 9.59 Å². The Morgan fingerprint density at radius 1 is 1.42 bits per heavy atom. The summed E-state index contributed by atoms with van der Waals surface area (Å²) in [5, 5.41) is 13.5. The average Bonchev–Trinajstić information content (AvgIpc) is 2.31. The molecule has 1 unspecified atom stereocenters. The van der Waals surface area contributed by atoms with Crippen LogP contribution in [0.4, 0.5) is 4.79 Å². The molecule has 1 fully saturated rings. The number of likely N-dealkylation sites (tertiary alicyclic amines) is 1. The number of carboxylic acids is 1. The fourth-order valence-corrected chi connectivity index (χ4v) is 1.79. The van der Waals surface area contributed by atoms with Crippen LogP contribution in [0.15, 0.2) is 0 Å². The fourth-order valence-electron chi connectivity index (χ4n) is 1.79. The summed E-state index contributed by atoms with van der Waals surface area (Å²) in [6, 6.07) is -0.989. The predicted molar refractivity (Wildman–Crippen MR) is 65.6 cm³/mol. The van der Waals surface area contributed by atoms with Gasteiger partial charge in [0.1, 0.15) is 18.2 Å². The second-order valence-electron chi connectivity index (χ2n) is 4.77. The first-order valence-corrected chi connectivity index (χ1v) is 5.90. The van der Waals surface area contributed by atoms with Gasteiger partial charge in [0.05, 0.1) is 13.1 Å². The summed E-state index contributed by atoms with van der Waals surface area (Å²) in [4.78, 5) is 34.8. The van der Waals surface area contributed by atoms with Crippen LogP contribution in [0.1, 0.15) is 13.8 Å². The van der Waals surface area contributed by atoms with Gasteiger partial charge in [-0.2, -0.15) is 0 Å². The largest absolute Gasteiger partial charge is 0.480 e. The molecule has 1 aliphatic heterocycles. The molecule has 1 atom stereocenters. The molecule has 1 saturated heterocycles. The minimum Gasteiger partial charge on any atom is -0.480 e. The molecule has 0 bridgehead atoms. The lowest BCUT2D eigenvalue weighted by Gasteiger charge is -2.47. The Bertz CT molecular complexity index is 379. The molecule has 0 aromatic carbocycles. The van der Waals surface area contributed by atoms with Crippen LogP contribution in [0, 0.1) is 0 Å². The van der Waals surface area contributed by atoms with E-state index >= 15 is 0 Å². The molecule has 1 aliphatic rings. The Labute approximate surface area is 111 Å². The zero-order valence-corrected chi connectivity index (χ0v) is 11.2. The number of hydrogen-bond donors (Lipinski definition) is 3. The molecule has 3 N–H and O–H groups in total. The lowest BCUT2D eigenvalue weighted by molar-refractivity contribution is -0.159. The number of carbonyl (C=O) groups excluding carboxylic acids is 2. The van der Waals surface area contributed by atoms with E-state index in [1.165, 1.54) is 11.9 Å². The molecule has 108 valence electrons. The normalized spacial score (nSPS) is 18.2. The zero-order chi connectivity index (χ0) is 14.6. The van der Waals surface area contributed by atoms with Crippen molar-refractivity contribution >= 4 is 17.9 Å². The maximum atomic E-state index is 11.7. The molecular weight excluding hydrogens is 254 g/mol. The highest BCUT2D eigenvalue weighted by atomic mass is 16.5. The maximum Gasteiger partial charge on any atom is 0.329 e. The number of amides is 3. The molecule has 0 aromatic rings. The van der Waals surface area contributed by atoms with Crippen molar-refractivity contribution in [1.29, 1.82) is 0 Å². The number of likely N-dealkylation sites (N-methyl/N-ethyl adjacent to an activating group) is 1. The predicted octanol–water partition coefficient (Wildman–Crippen LogP) is -0.994. The highest BCUT2D eigenvalue weighted by Crippen LogP contribution is 2.24. The summed E-state index contributed by atoms with van der Waals surface area (Å²) in [6.45, 7) is 3.53. The van der Waals surface area contributed by atoms with Crippen molar-refractivity contribution in [2.24, 2.45) is 0 Å². The van der Waals surface area contributed by atoms with Gasteiger partial charge in [-0.1, -0.05) is 0 Å². The summed E-state index contributed by atoms with van der Waals surface area (Å²) in [7, 11) is 1.49. The first-order valence-electron chi connectivity index (χ1n) is 5.90. The molecule has 1 heterocycles. The summed E-state index contributed by atoms with van der Waals surface area (Å²) in [6.07, 6.45) is 0. The Morgan fingerprint density at radius 2 is 2.00 bits per heavy atom. The number of ether oxygens (including phenoxy) is 1. The number of rotatable bonds is 5. The SMILES string of the molecule is CNC(=O)C(C)NC(=O)N1CC(C)(OCC(=O)O)C1. The highest BCUT2D eigenvalue weighted by Gasteiger charge is 2.43. The second-order valence-corrected chi connectivity index (χ2v) is 4.77. The molecule has 19 heavy (non-hydrogen) atoms. The van der Waals surface area contributed by atoms with Crippen LogP contribution >= 0.6 is 0 Å². The Morgan fingerprint density at radius 3 is 2.47 bits per heavy atom. The van der Waals surface area contributed by atoms with E-state index in [0.717, 1.165) is 0 Å². The number of hydrogen-bond acceptors (Lipinski definition) is 4. The van der Waals surface area contributed by atoms with E-state index in [1.54, 1.807) is 13.8 Å². The number of nitrogens with zero attached hydrogens (tertiary/aromatic N) is 1. The van der Waals surface area contributed by atoms with Gasteiger partial charge in [0.25, 0.3) is 0 Å². The van der Waals surface area contributed by atoms with E-state index < -0.39 is 17.6 Å². The van der Waals surface area contributed by atoms with Crippen molar-refractivity contribution in [3.63, 3.8) is 0 Å². The van der Waals surface area contributed by atoms with E-state index in [-0.39, 0.29) is 18.5 Å². The highest BCUT2D eigenvalue weighted by molar-refractivity contribution is 5.86. The van der Waals surface area contributed by atoms with Gasteiger partial charge in [0.2, 0.25) is 5.91 Å². The molecular formula is C11H19N3O5. The van der Waals surface area contributed by atoms with E-state index in [9.17, 15) is 14.4 Å². The Balaban J connectivity index is 2.35. The maximum absolute atomic E-state index is 11.7. The Hall–Kier alpha value is -1.83. The number of aliphatic carboxylic acids is 1. The van der Waals surface area contributed by atoms with Crippen molar-refractivity contribution in [2.75, 3.05) is 26.7 Å². The number of nitrogens with one attached hydrogen (secondary N) is 2. The molecule has 0 spiro atoms. The topological polar surface area (TPSA) is 108 Å². The fraction of sp³-hybridized carbons (Fsp3) is 0.727. The van der Waals surface area contributed by atoms with Crippen molar-refractivity contribution < 1.29 is 24.2 Å². The zero-order valence-electron chi connectivity index (χ0n) is 11.2. The molecule has 8 nitrogen and oxygen atoms in total. The van der Waals surface area contributed by atoms with E-state index in [4.69, 9.17) is 9.84 Å². The summed E-state index contributed by atoms with van der Waals surface area (Å²) in [5.74, 6) is -1.32. The summed E-state index contributed by atoms with van der Waals surface area (Å²) < 4.78 is 5.18. The number of urea groups is 1. The second kappa shape index (κ2) is 5.87. The van der Waals surface area contributed by atoms with Gasteiger partial charge in [-0.3, -0.25) is 4.79 Å². The van der Waals surface area contributed by atoms with E-state index in [1.807, 2.05) is 0 Å². The van der Waals surface area contributed by atoms with Crippen molar-refractivity contribution in [3.05, 3.63) is 0 Å². The molecule has 0 radical (unpaired) electrons. The van der Waals surface area contributed by atoms with Crippen LogP contribution < -0.4 is 10.6 Å². The van der Waals surface area contributed by atoms with Crippen LogP contribution in [0.2, 0.25) is 0 Å². The molecule has 0 saturated carbocycles. The quantitative estimate of drug-likeness (QED) is 0.596. The lowest BCUT2D eigenvalue weighted by Crippen LogP contribution is -2.66. The van der Waals surface area contributed by atoms with Crippen LogP contribution in [0.5, 0.6) is 0 Å². The van der Waals surface area contributed by atoms with E-state index in [2.05, 4.69) is 10.6 Å². The number of carboxylic acid groups (broad SMARTS) is 1. The minimum absolute atomic E-state index is 0.279. The lowest BCUT2D eigenvalue weighted by atomic mass is 9.97. The molecule has 3 amide bonds. The molecule has 8 heteroatoms. The Kier molecular flexibility index (Phi) is 4.71. The standard InChI is InChI=1S/C11H19N3O5/c1-7(9(17)12-3)13-10(18)14-5-11(2,6-14)19-4-8(15)16/h7H,4-6H2,1-3H3,(H,12,17)(H,13,18)(H,15,16). The third kappa shape index (κ3) is 4.09. The van der Waals surface area contributed by atoms with Crippen LogP contribution in [0.25, 0.3) is 0 Å². The van der Waals surface area contributed by atoms with Gasteiger partial charge in [0.15, 0.2) is 0 Å². The average molecular weight is 273 g/mol. The van der Waals surface area contributed by atoms with Crippen LogP contribution in [-0.4, -0.2) is 66.3 Å². The first-order chi connectivity index (χ1) is 8.77. The van der Waals surface area contributed by atoms with Gasteiger partial charge < -0.3 is 25.4 Å². The van der Waals surface area contributed by atoms with Crippen molar-refractivity contribution in [2.45, 2.75) is 25.5 Å². The van der Waals surface area contributed by atoms with Gasteiger partial charge in [0, 0.05) is 7.05 Å². The van der Waals surface area contributed by atoms with Crippen LogP contribution in [-0.2, 0) is 14.3 Å². The smallest absolute Gasteiger partial charge is 0.329 e. The van der Waals surface area contributed by atoms with Crippen molar-refractivity contribution in [1.82, 2.24) is 15.5 Å². The van der Waals surface area contributed by atoms with E-state index in [0.29, 0.717) is 13.1 Å². The number of carbonyl (C=O) groups is 3. The third-order valence-electron chi connectivity index (χ3n) is 2.86. The summed E-state index contributed by atoms with van der Waals surface area (Å²) in [5.41, 5.74) is -0.633. The van der Waals surface area contributed by atoms with Gasteiger partial charge in [-0.15, -0.1) is 0 Å². The minimum atomic E-state index is -1.04. The molecule has 0 aromatic heterocycles. The third-order valence-corrected chi connectivity index (χ3v) is 2.86. The first kappa shape index (κ1) is 15.2. The van der Waals surface area contributed by atoms with Gasteiger partial charge >= 0.3 is 12.0 Å². The van der Waals surface area contributed by atoms with Crippen LogP contribution in [0.3, 0.4) is 0 Å². The summed E-state index contributed by atoms with van der Waals surface area (Å²) >= 11 is 0. The van der Waals surface area contributed by atoms with Crippen molar-refractivity contribution in [3.8, 4) is 0 Å².